The van der Waals surface area contributed by atoms with E-state index in [1.165, 1.54) is 12.1 Å². The molecule has 1 unspecified atom stereocenters. The van der Waals surface area contributed by atoms with Gasteiger partial charge in [0.1, 0.15) is 17.2 Å². The fourth-order valence-corrected chi connectivity index (χ4v) is 3.78. The van der Waals surface area contributed by atoms with E-state index in [-0.39, 0.29) is 17.1 Å². The van der Waals surface area contributed by atoms with Crippen molar-refractivity contribution >= 4 is 28.2 Å². The van der Waals surface area contributed by atoms with Crippen LogP contribution in [-0.2, 0) is 7.05 Å². The van der Waals surface area contributed by atoms with Crippen LogP contribution in [0.2, 0.25) is 0 Å². The van der Waals surface area contributed by atoms with Crippen LogP contribution in [0.3, 0.4) is 0 Å². The molecule has 9 nitrogen and oxygen atoms in total. The first-order valence-corrected chi connectivity index (χ1v) is 9.59. The fourth-order valence-electron chi connectivity index (χ4n) is 3.78. The number of aryl methyl sites for hydroxylation is 1. The van der Waals surface area contributed by atoms with Crippen LogP contribution in [0.25, 0.3) is 33.5 Å². The minimum absolute atomic E-state index is 0.276. The monoisotopic (exact) mass is 409 g/mol. The van der Waals surface area contributed by atoms with Gasteiger partial charge in [0.05, 0.1) is 17.3 Å². The van der Waals surface area contributed by atoms with Crippen LogP contribution in [-0.4, -0.2) is 49.5 Å². The second-order valence-corrected chi connectivity index (χ2v) is 7.74. The summed E-state index contributed by atoms with van der Waals surface area (Å²) in [6, 6.07) is 4.47. The third kappa shape index (κ3) is 3.14. The molecular formula is C20H20FN7O2. The summed E-state index contributed by atoms with van der Waals surface area (Å²) in [5, 5.41) is 11.3. The zero-order chi connectivity index (χ0) is 20.9. The van der Waals surface area contributed by atoms with Crippen LogP contribution in [0.4, 0.5) is 9.18 Å². The lowest BCUT2D eigenvalue weighted by atomic mass is 10.0. The Labute approximate surface area is 170 Å². The highest BCUT2D eigenvalue weighted by Gasteiger charge is 2.31. The topological polar surface area (TPSA) is 110 Å². The van der Waals surface area contributed by atoms with Crippen molar-refractivity contribution in [3.8, 4) is 17.1 Å². The number of aromatic amines is 1. The normalized spacial score (nSPS) is 18.9. The molecule has 0 bridgehead atoms. The summed E-state index contributed by atoms with van der Waals surface area (Å²) in [4.78, 5) is 24.4. The van der Waals surface area contributed by atoms with Crippen molar-refractivity contribution in [2.75, 3.05) is 13.1 Å². The number of fused-ring (bicyclic) bond motifs is 2. The maximum Gasteiger partial charge on any atom is 0.413 e. The fraction of sp³-hybridized carbons (Fsp3) is 0.300. The number of nitrogens with zero attached hydrogens (tertiary/aromatic N) is 4. The molecule has 3 aromatic heterocycles. The minimum Gasteiger partial charge on any atom is -0.406 e. The van der Waals surface area contributed by atoms with Crippen molar-refractivity contribution < 1.29 is 13.9 Å². The summed E-state index contributed by atoms with van der Waals surface area (Å²) in [5.74, 6) is -0.0604. The number of hydrogen-bond acceptors (Lipinski definition) is 6. The van der Waals surface area contributed by atoms with E-state index in [0.717, 1.165) is 18.4 Å². The van der Waals surface area contributed by atoms with Gasteiger partial charge in [0.2, 0.25) is 0 Å². The Kier molecular flexibility index (Phi) is 4.17. The molecule has 154 valence electrons. The van der Waals surface area contributed by atoms with Crippen LogP contribution >= 0.6 is 0 Å². The third-order valence-corrected chi connectivity index (χ3v) is 5.38. The van der Waals surface area contributed by atoms with E-state index in [1.54, 1.807) is 30.2 Å². The van der Waals surface area contributed by atoms with E-state index in [0.29, 0.717) is 34.6 Å². The number of halogens is 1. The number of ether oxygens (including phenoxy) is 1. The van der Waals surface area contributed by atoms with Gasteiger partial charge in [-0.3, -0.25) is 4.68 Å². The van der Waals surface area contributed by atoms with Gasteiger partial charge < -0.3 is 20.4 Å². The summed E-state index contributed by atoms with van der Waals surface area (Å²) in [6.45, 7) is 3.50. The first kappa shape index (κ1) is 18.5. The molecule has 10 heteroatoms. The average molecular weight is 409 g/mol. The Morgan fingerprint density at radius 1 is 1.40 bits per heavy atom. The highest BCUT2D eigenvalue weighted by atomic mass is 19.1. The molecule has 0 saturated carbocycles. The smallest absolute Gasteiger partial charge is 0.406 e. The number of hydrogen-bond donors (Lipinski definition) is 3. The average Bonchev–Trinajstić information content (AvgIpc) is 3.40. The Morgan fingerprint density at radius 2 is 2.27 bits per heavy atom. The number of carbonyl (C=O) groups excluding carboxylic acids is 1. The molecule has 5 rings (SSSR count). The van der Waals surface area contributed by atoms with Crippen LogP contribution in [0.15, 0.2) is 30.6 Å². The zero-order valence-corrected chi connectivity index (χ0v) is 16.5. The SMILES string of the molecule is Cn1nc(-c2cnc3[nH]cc(OC(=O)NC4(C)CCNC4)c3n2)c2ccc(F)cc21. The summed E-state index contributed by atoms with van der Waals surface area (Å²) in [5.41, 5.74) is 2.27. The number of nitrogens with one attached hydrogen (secondary N) is 3. The Balaban J connectivity index is 1.49. The number of rotatable bonds is 3. The van der Waals surface area contributed by atoms with Crippen molar-refractivity contribution in [2.24, 2.45) is 7.05 Å². The van der Waals surface area contributed by atoms with Crippen molar-refractivity contribution in [2.45, 2.75) is 18.9 Å². The highest BCUT2D eigenvalue weighted by molar-refractivity contribution is 5.93. The van der Waals surface area contributed by atoms with E-state index < -0.39 is 6.09 Å². The van der Waals surface area contributed by atoms with Crippen molar-refractivity contribution in [1.82, 2.24) is 35.4 Å². The molecule has 0 aliphatic carbocycles. The van der Waals surface area contributed by atoms with Gasteiger partial charge in [-0.1, -0.05) is 0 Å². The quantitative estimate of drug-likeness (QED) is 0.480. The van der Waals surface area contributed by atoms with E-state index >= 15 is 0 Å². The third-order valence-electron chi connectivity index (χ3n) is 5.38. The standard InChI is InChI=1S/C20H20FN7O2/c1-20(5-6-22-10-20)26-19(29)30-15-9-24-18-17(15)25-13(8-23-18)16-12-4-3-11(21)7-14(12)28(2)27-16/h3-4,7-9,22H,5-6,10H2,1-2H3,(H,23,24)(H,26,29). The van der Waals surface area contributed by atoms with E-state index in [1.807, 2.05) is 6.92 Å². The van der Waals surface area contributed by atoms with Gasteiger partial charge in [-0.25, -0.2) is 19.2 Å². The lowest BCUT2D eigenvalue weighted by Gasteiger charge is -2.23. The molecule has 1 amide bonds. The van der Waals surface area contributed by atoms with E-state index in [4.69, 9.17) is 4.74 Å². The lowest BCUT2D eigenvalue weighted by molar-refractivity contribution is 0.189. The maximum absolute atomic E-state index is 13.6. The molecule has 1 aromatic carbocycles. The molecule has 1 aliphatic rings. The molecule has 0 spiro atoms. The first-order valence-electron chi connectivity index (χ1n) is 9.59. The van der Waals surface area contributed by atoms with Gasteiger partial charge in [-0.05, 0) is 38.1 Å². The molecular weight excluding hydrogens is 389 g/mol. The van der Waals surface area contributed by atoms with E-state index in [9.17, 15) is 9.18 Å². The van der Waals surface area contributed by atoms with Crippen molar-refractivity contribution in [3.05, 3.63) is 36.4 Å². The highest BCUT2D eigenvalue weighted by Crippen LogP contribution is 2.30. The molecule has 1 atom stereocenters. The van der Waals surface area contributed by atoms with Gasteiger partial charge in [0.25, 0.3) is 0 Å². The van der Waals surface area contributed by atoms with Gasteiger partial charge in [-0.2, -0.15) is 5.10 Å². The predicted octanol–water partition coefficient (Wildman–Crippen LogP) is 2.49. The second kappa shape index (κ2) is 6.77. The molecule has 30 heavy (non-hydrogen) atoms. The molecule has 4 aromatic rings. The van der Waals surface area contributed by atoms with E-state index in [2.05, 4.69) is 30.7 Å². The molecule has 0 radical (unpaired) electrons. The number of amides is 1. The largest absolute Gasteiger partial charge is 0.413 e. The summed E-state index contributed by atoms with van der Waals surface area (Å²) in [6.07, 6.45) is 3.41. The number of aromatic nitrogens is 5. The zero-order valence-electron chi connectivity index (χ0n) is 16.5. The summed E-state index contributed by atoms with van der Waals surface area (Å²) >= 11 is 0. The molecule has 1 aliphatic heterocycles. The Morgan fingerprint density at radius 3 is 3.07 bits per heavy atom. The van der Waals surface area contributed by atoms with Crippen molar-refractivity contribution in [3.63, 3.8) is 0 Å². The van der Waals surface area contributed by atoms with Gasteiger partial charge in [-0.15, -0.1) is 0 Å². The number of carbonyl (C=O) groups is 1. The number of H-pyrrole nitrogens is 1. The van der Waals surface area contributed by atoms with Crippen molar-refractivity contribution in [1.29, 1.82) is 0 Å². The predicted molar refractivity (Wildman–Crippen MR) is 109 cm³/mol. The van der Waals surface area contributed by atoms with Gasteiger partial charge in [0, 0.05) is 25.2 Å². The molecule has 4 heterocycles. The van der Waals surface area contributed by atoms with Crippen LogP contribution in [0.1, 0.15) is 13.3 Å². The minimum atomic E-state index is -0.548. The number of benzene rings is 1. The molecule has 3 N–H and O–H groups in total. The maximum atomic E-state index is 13.6. The van der Waals surface area contributed by atoms with Crippen LogP contribution < -0.4 is 15.4 Å². The van der Waals surface area contributed by atoms with Gasteiger partial charge in [0.15, 0.2) is 16.9 Å². The van der Waals surface area contributed by atoms with Gasteiger partial charge >= 0.3 is 6.09 Å². The summed E-state index contributed by atoms with van der Waals surface area (Å²) in [7, 11) is 1.74. The second-order valence-electron chi connectivity index (χ2n) is 7.74. The Bertz CT molecular complexity index is 1270. The first-order chi connectivity index (χ1) is 14.4. The molecule has 1 fully saturated rings. The lowest BCUT2D eigenvalue weighted by Crippen LogP contribution is -2.48. The molecule has 1 saturated heterocycles. The Hall–Kier alpha value is -3.53. The van der Waals surface area contributed by atoms with Crippen LogP contribution in [0, 0.1) is 5.82 Å². The summed E-state index contributed by atoms with van der Waals surface area (Å²) < 4.78 is 20.7. The van der Waals surface area contributed by atoms with Crippen LogP contribution in [0.5, 0.6) is 5.75 Å².